The molecular formula is C22H25N3O4. The Morgan fingerprint density at radius 1 is 1.17 bits per heavy atom. The Hall–Kier alpha value is -2.96. The average Bonchev–Trinajstić information content (AvgIpc) is 3.06. The molecule has 0 aliphatic heterocycles. The van der Waals surface area contributed by atoms with E-state index in [4.69, 9.17) is 4.74 Å². The average molecular weight is 395 g/mol. The van der Waals surface area contributed by atoms with E-state index in [2.05, 4.69) is 10.4 Å². The Labute approximate surface area is 169 Å². The number of amides is 1. The standard InChI is InChI=1S/C22H25N3O4/c1-14-10-19(25(24-14)18-8-3-2-4-9-18)23-20(26)13-29-22(28)17-11-15-6-5-7-16(12-17)21(15)27/h2-4,8-10,15-17H,5-7,11-13H2,1H3,(H,23,26). The minimum absolute atomic E-state index is 0.0166. The van der Waals surface area contributed by atoms with Crippen molar-refractivity contribution in [1.29, 1.82) is 0 Å². The van der Waals surface area contributed by atoms with Crippen molar-refractivity contribution in [2.75, 3.05) is 11.9 Å². The summed E-state index contributed by atoms with van der Waals surface area (Å²) in [6.45, 7) is 1.49. The van der Waals surface area contributed by atoms with Gasteiger partial charge in [0.05, 0.1) is 17.3 Å². The van der Waals surface area contributed by atoms with Gasteiger partial charge in [-0.1, -0.05) is 24.6 Å². The number of ether oxygens (including phenoxy) is 1. The highest BCUT2D eigenvalue weighted by atomic mass is 16.5. The molecule has 0 saturated heterocycles. The molecule has 29 heavy (non-hydrogen) atoms. The van der Waals surface area contributed by atoms with Crippen LogP contribution in [-0.4, -0.2) is 34.0 Å². The van der Waals surface area contributed by atoms with Gasteiger partial charge in [-0.2, -0.15) is 5.10 Å². The number of nitrogens with zero attached hydrogens (tertiary/aromatic N) is 2. The zero-order valence-corrected chi connectivity index (χ0v) is 16.5. The molecule has 0 spiro atoms. The second-order valence-electron chi connectivity index (χ2n) is 7.97. The number of rotatable bonds is 5. The Bertz CT molecular complexity index is 905. The van der Waals surface area contributed by atoms with Gasteiger partial charge in [0.1, 0.15) is 11.6 Å². The molecule has 1 N–H and O–H groups in total. The highest BCUT2D eigenvalue weighted by Gasteiger charge is 2.41. The summed E-state index contributed by atoms with van der Waals surface area (Å²) in [4.78, 5) is 37.0. The van der Waals surface area contributed by atoms with E-state index in [9.17, 15) is 14.4 Å². The van der Waals surface area contributed by atoms with Crippen LogP contribution < -0.4 is 5.32 Å². The van der Waals surface area contributed by atoms with E-state index in [-0.39, 0.29) is 30.3 Å². The second kappa shape index (κ2) is 8.19. The first-order valence-corrected chi connectivity index (χ1v) is 10.1. The number of hydrogen-bond donors (Lipinski definition) is 1. The Morgan fingerprint density at radius 3 is 2.55 bits per heavy atom. The number of hydrogen-bond acceptors (Lipinski definition) is 5. The van der Waals surface area contributed by atoms with Crippen molar-refractivity contribution in [3.63, 3.8) is 0 Å². The number of benzene rings is 1. The van der Waals surface area contributed by atoms with E-state index in [0.717, 1.165) is 30.6 Å². The molecule has 152 valence electrons. The highest BCUT2D eigenvalue weighted by Crippen LogP contribution is 2.40. The fourth-order valence-electron chi connectivity index (χ4n) is 4.46. The van der Waals surface area contributed by atoms with Crippen molar-refractivity contribution in [2.24, 2.45) is 17.8 Å². The van der Waals surface area contributed by atoms with E-state index in [1.54, 1.807) is 10.7 Å². The second-order valence-corrected chi connectivity index (χ2v) is 7.97. The molecule has 2 atom stereocenters. The number of para-hydroxylation sites is 1. The summed E-state index contributed by atoms with van der Waals surface area (Å²) in [5.74, 6) is -0.281. The molecule has 1 aromatic heterocycles. The van der Waals surface area contributed by atoms with Crippen molar-refractivity contribution in [1.82, 2.24) is 9.78 Å². The molecule has 2 saturated carbocycles. The first-order valence-electron chi connectivity index (χ1n) is 10.1. The van der Waals surface area contributed by atoms with Crippen LogP contribution in [0, 0.1) is 24.7 Å². The van der Waals surface area contributed by atoms with Gasteiger partial charge in [-0.05, 0) is 44.7 Å². The van der Waals surface area contributed by atoms with E-state index < -0.39 is 5.91 Å². The molecule has 1 aromatic carbocycles. The van der Waals surface area contributed by atoms with Crippen molar-refractivity contribution in [3.05, 3.63) is 42.1 Å². The molecule has 2 unspecified atom stereocenters. The summed E-state index contributed by atoms with van der Waals surface area (Å²) in [7, 11) is 0. The van der Waals surface area contributed by atoms with Crippen molar-refractivity contribution >= 4 is 23.5 Å². The number of aryl methyl sites for hydroxylation is 1. The number of nitrogens with one attached hydrogen (secondary N) is 1. The zero-order valence-electron chi connectivity index (χ0n) is 16.5. The van der Waals surface area contributed by atoms with Crippen LogP contribution in [0.4, 0.5) is 5.82 Å². The van der Waals surface area contributed by atoms with Crippen molar-refractivity contribution in [3.8, 4) is 5.69 Å². The van der Waals surface area contributed by atoms with E-state index in [1.165, 1.54) is 0 Å². The van der Waals surface area contributed by atoms with Gasteiger partial charge in [0.15, 0.2) is 6.61 Å². The third kappa shape index (κ3) is 4.23. The molecule has 1 heterocycles. The van der Waals surface area contributed by atoms with E-state index in [1.807, 2.05) is 37.3 Å². The number of carbonyl (C=O) groups is 3. The fourth-order valence-corrected chi connectivity index (χ4v) is 4.46. The lowest BCUT2D eigenvalue weighted by Gasteiger charge is -2.36. The first-order chi connectivity index (χ1) is 14.0. The van der Waals surface area contributed by atoms with Crippen molar-refractivity contribution in [2.45, 2.75) is 39.0 Å². The molecule has 2 aliphatic carbocycles. The van der Waals surface area contributed by atoms with Gasteiger partial charge in [0.2, 0.25) is 0 Å². The summed E-state index contributed by atoms with van der Waals surface area (Å²) in [6, 6.07) is 11.2. The summed E-state index contributed by atoms with van der Waals surface area (Å²) in [5, 5.41) is 7.17. The van der Waals surface area contributed by atoms with Gasteiger partial charge in [-0.3, -0.25) is 14.4 Å². The summed E-state index contributed by atoms with van der Waals surface area (Å²) < 4.78 is 6.92. The van der Waals surface area contributed by atoms with Gasteiger partial charge in [0, 0.05) is 17.9 Å². The lowest BCUT2D eigenvalue weighted by Crippen LogP contribution is -2.40. The van der Waals surface area contributed by atoms with Crippen LogP contribution in [0.1, 0.15) is 37.8 Å². The van der Waals surface area contributed by atoms with E-state index >= 15 is 0 Å². The van der Waals surface area contributed by atoms with Gasteiger partial charge < -0.3 is 10.1 Å². The fraction of sp³-hybridized carbons (Fsp3) is 0.455. The largest absolute Gasteiger partial charge is 0.455 e. The van der Waals surface area contributed by atoms with Crippen LogP contribution in [0.2, 0.25) is 0 Å². The van der Waals surface area contributed by atoms with Gasteiger partial charge >= 0.3 is 5.97 Å². The number of esters is 1. The SMILES string of the molecule is Cc1cc(NC(=O)COC(=O)C2CC3CCCC(C2)C3=O)n(-c2ccccc2)n1. The predicted molar refractivity (Wildman–Crippen MR) is 106 cm³/mol. The molecule has 2 aromatic rings. The van der Waals surface area contributed by atoms with Gasteiger partial charge in [-0.15, -0.1) is 0 Å². The lowest BCUT2D eigenvalue weighted by atomic mass is 9.67. The maximum atomic E-state index is 12.5. The van der Waals surface area contributed by atoms with Gasteiger partial charge in [-0.25, -0.2) is 4.68 Å². The van der Waals surface area contributed by atoms with Crippen LogP contribution in [0.15, 0.2) is 36.4 Å². The van der Waals surface area contributed by atoms with Crippen LogP contribution in [0.3, 0.4) is 0 Å². The summed E-state index contributed by atoms with van der Waals surface area (Å²) in [6.07, 6.45) is 3.89. The minimum atomic E-state index is -0.414. The van der Waals surface area contributed by atoms with Crippen molar-refractivity contribution < 1.29 is 19.1 Å². The third-order valence-corrected chi connectivity index (χ3v) is 5.83. The molecule has 7 nitrogen and oxygen atoms in total. The van der Waals surface area contributed by atoms with E-state index in [0.29, 0.717) is 24.4 Å². The first kappa shape index (κ1) is 19.4. The molecule has 7 heteroatoms. The Kier molecular flexibility index (Phi) is 5.47. The maximum absolute atomic E-state index is 12.5. The zero-order chi connectivity index (χ0) is 20.4. The molecule has 2 bridgehead atoms. The van der Waals surface area contributed by atoms with Crippen LogP contribution in [0.5, 0.6) is 0 Å². The third-order valence-electron chi connectivity index (χ3n) is 5.83. The van der Waals surface area contributed by atoms with Crippen LogP contribution in [0.25, 0.3) is 5.69 Å². The highest BCUT2D eigenvalue weighted by molar-refractivity contribution is 5.93. The minimum Gasteiger partial charge on any atom is -0.455 e. The summed E-state index contributed by atoms with van der Waals surface area (Å²) in [5.41, 5.74) is 1.59. The molecular weight excluding hydrogens is 370 g/mol. The molecule has 2 fully saturated rings. The predicted octanol–water partition coefficient (Wildman–Crippen LogP) is 3.06. The summed E-state index contributed by atoms with van der Waals surface area (Å²) >= 11 is 0. The molecule has 4 rings (SSSR count). The van der Waals surface area contributed by atoms with Gasteiger partial charge in [0.25, 0.3) is 5.91 Å². The Balaban J connectivity index is 1.34. The number of carbonyl (C=O) groups excluding carboxylic acids is 3. The molecule has 2 aliphatic rings. The molecule has 0 radical (unpaired) electrons. The number of aromatic nitrogens is 2. The topological polar surface area (TPSA) is 90.3 Å². The monoisotopic (exact) mass is 395 g/mol. The Morgan fingerprint density at radius 2 is 1.86 bits per heavy atom. The number of ketones is 1. The van der Waals surface area contributed by atoms with Crippen LogP contribution in [-0.2, 0) is 19.1 Å². The smallest absolute Gasteiger partial charge is 0.309 e. The normalized spacial score (nSPS) is 23.5. The maximum Gasteiger partial charge on any atom is 0.309 e. The quantitative estimate of drug-likeness (QED) is 0.786. The number of fused-ring (bicyclic) bond motifs is 2. The number of anilines is 1. The number of Topliss-reactive ketones (excluding diaryl/α,β-unsaturated/α-hetero) is 1. The van der Waals surface area contributed by atoms with Crippen LogP contribution >= 0.6 is 0 Å². The molecule has 1 amide bonds. The lowest BCUT2D eigenvalue weighted by molar-refractivity contribution is -0.155.